The minimum atomic E-state index is 0.724. The highest BCUT2D eigenvalue weighted by atomic mass is 32.2. The van der Waals surface area contributed by atoms with Gasteiger partial charge in [-0.25, -0.2) is 0 Å². The first-order chi connectivity index (χ1) is 5.13. The summed E-state index contributed by atoms with van der Waals surface area (Å²) in [5, 5.41) is 7.89. The molecule has 0 atom stereocenters. The van der Waals surface area contributed by atoms with Gasteiger partial charge >= 0.3 is 0 Å². The average Bonchev–Trinajstić information content (AvgIpc) is 1.85. The van der Waals surface area contributed by atoms with Crippen LogP contribution in [0.5, 0.6) is 0 Å². The Kier molecular flexibility index (Phi) is 6.33. The molecule has 0 saturated heterocycles. The molecule has 0 heterocycles. The van der Waals surface area contributed by atoms with E-state index in [1.54, 1.807) is 11.8 Å². The molecule has 1 N–H and O–H groups in total. The molecule has 2 heteroatoms. The predicted octanol–water partition coefficient (Wildman–Crippen LogP) is 3.46. The van der Waals surface area contributed by atoms with Crippen LogP contribution in [0.4, 0.5) is 0 Å². The van der Waals surface area contributed by atoms with Crippen LogP contribution in [0.15, 0.2) is 11.6 Å². The Labute approximate surface area is 73.8 Å². The lowest BCUT2D eigenvalue weighted by molar-refractivity contribution is 0.962. The average molecular weight is 171 g/mol. The van der Waals surface area contributed by atoms with Crippen molar-refractivity contribution in [2.75, 3.05) is 5.75 Å². The van der Waals surface area contributed by atoms with Gasteiger partial charge in [0.05, 0.1) is 5.04 Å². The molecule has 0 aliphatic rings. The van der Waals surface area contributed by atoms with E-state index in [2.05, 4.69) is 19.9 Å². The van der Waals surface area contributed by atoms with Crippen molar-refractivity contribution in [2.24, 2.45) is 0 Å². The van der Waals surface area contributed by atoms with Crippen molar-refractivity contribution < 1.29 is 0 Å². The fourth-order valence-electron chi connectivity index (χ4n) is 0.699. The molecule has 0 radical (unpaired) electrons. The number of rotatable bonds is 4. The van der Waals surface area contributed by atoms with Crippen molar-refractivity contribution in [3.05, 3.63) is 11.6 Å². The quantitative estimate of drug-likeness (QED) is 0.298. The van der Waals surface area contributed by atoms with E-state index in [1.165, 1.54) is 12.0 Å². The van der Waals surface area contributed by atoms with Crippen LogP contribution >= 0.6 is 11.8 Å². The molecule has 1 nitrogen and oxygen atoms in total. The van der Waals surface area contributed by atoms with Crippen molar-refractivity contribution in [3.8, 4) is 0 Å². The zero-order valence-electron chi connectivity index (χ0n) is 7.61. The highest BCUT2D eigenvalue weighted by Gasteiger charge is 1.88. The normalized spacial score (nSPS) is 9.36. The number of thioether (sulfide) groups is 1. The van der Waals surface area contributed by atoms with Crippen LogP contribution in [0.1, 0.15) is 33.6 Å². The van der Waals surface area contributed by atoms with Crippen molar-refractivity contribution in [3.63, 3.8) is 0 Å². The first-order valence-corrected chi connectivity index (χ1v) is 4.93. The smallest absolute Gasteiger partial charge is 0.0610 e. The van der Waals surface area contributed by atoms with Gasteiger partial charge < -0.3 is 0 Å². The van der Waals surface area contributed by atoms with E-state index in [0.717, 1.165) is 17.2 Å². The Hall–Kier alpha value is -0.240. The van der Waals surface area contributed by atoms with Crippen LogP contribution in [0.2, 0.25) is 0 Å². The maximum absolute atomic E-state index is 7.16. The molecular formula is C9H17NS. The van der Waals surface area contributed by atoms with Crippen LogP contribution in [0.25, 0.3) is 0 Å². The van der Waals surface area contributed by atoms with E-state index < -0.39 is 0 Å². The van der Waals surface area contributed by atoms with Crippen LogP contribution in [0, 0.1) is 5.41 Å². The molecule has 0 aromatic rings. The third kappa shape index (κ3) is 9.76. The number of hydrogen-bond donors (Lipinski definition) is 1. The molecule has 0 unspecified atom stereocenters. The fourth-order valence-corrected chi connectivity index (χ4v) is 1.32. The standard InChI is InChI=1S/C9H17NS/c1-8(2)6-4-5-7-11-9(3)10/h6,10H,4-5,7H2,1-3H3. The summed E-state index contributed by atoms with van der Waals surface area (Å²) >= 11 is 1.64. The van der Waals surface area contributed by atoms with Gasteiger partial charge in [-0.3, -0.25) is 5.41 Å². The van der Waals surface area contributed by atoms with Gasteiger partial charge in [0.15, 0.2) is 0 Å². The summed E-state index contributed by atoms with van der Waals surface area (Å²) in [6.45, 7) is 6.08. The lowest BCUT2D eigenvalue weighted by atomic mass is 10.2. The Bertz CT molecular complexity index is 146. The molecule has 0 saturated carbocycles. The van der Waals surface area contributed by atoms with Gasteiger partial charge in [0.1, 0.15) is 0 Å². The lowest BCUT2D eigenvalue weighted by Crippen LogP contribution is -1.84. The number of nitrogens with one attached hydrogen (secondary N) is 1. The van der Waals surface area contributed by atoms with E-state index in [0.29, 0.717) is 0 Å². The first-order valence-electron chi connectivity index (χ1n) is 3.94. The third-order valence-corrected chi connectivity index (χ3v) is 2.15. The fraction of sp³-hybridized carbons (Fsp3) is 0.667. The molecule has 0 spiro atoms. The molecule has 64 valence electrons. The maximum atomic E-state index is 7.16. The minimum absolute atomic E-state index is 0.724. The van der Waals surface area contributed by atoms with Crippen molar-refractivity contribution in [1.29, 1.82) is 5.41 Å². The molecule has 0 amide bonds. The molecule has 0 aliphatic carbocycles. The van der Waals surface area contributed by atoms with Gasteiger partial charge in [-0.1, -0.05) is 11.6 Å². The van der Waals surface area contributed by atoms with Crippen LogP contribution in [0.3, 0.4) is 0 Å². The van der Waals surface area contributed by atoms with Crippen LogP contribution < -0.4 is 0 Å². The Balaban J connectivity index is 3.15. The van der Waals surface area contributed by atoms with Gasteiger partial charge in [0, 0.05) is 0 Å². The van der Waals surface area contributed by atoms with Crippen LogP contribution in [-0.4, -0.2) is 10.8 Å². The van der Waals surface area contributed by atoms with E-state index >= 15 is 0 Å². The molecular weight excluding hydrogens is 154 g/mol. The lowest BCUT2D eigenvalue weighted by Gasteiger charge is -1.96. The second-order valence-electron chi connectivity index (χ2n) is 2.83. The van der Waals surface area contributed by atoms with Gasteiger partial charge in [0.2, 0.25) is 0 Å². The Morgan fingerprint density at radius 3 is 2.45 bits per heavy atom. The number of unbranched alkanes of at least 4 members (excludes halogenated alkanes) is 1. The number of hydrogen-bond acceptors (Lipinski definition) is 2. The molecule has 0 aliphatic heterocycles. The molecule has 0 fully saturated rings. The van der Waals surface area contributed by atoms with Gasteiger partial charge in [-0.05, 0) is 39.4 Å². The van der Waals surface area contributed by atoms with E-state index in [9.17, 15) is 0 Å². The van der Waals surface area contributed by atoms with Gasteiger partial charge in [0.25, 0.3) is 0 Å². The van der Waals surface area contributed by atoms with Crippen molar-refractivity contribution in [1.82, 2.24) is 0 Å². The summed E-state index contributed by atoms with van der Waals surface area (Å²) in [7, 11) is 0. The summed E-state index contributed by atoms with van der Waals surface area (Å²) in [5.74, 6) is 1.08. The van der Waals surface area contributed by atoms with E-state index in [1.807, 2.05) is 6.92 Å². The molecule has 0 rings (SSSR count). The largest absolute Gasteiger partial charge is 0.299 e. The molecule has 0 aromatic carbocycles. The molecule has 0 aromatic heterocycles. The summed E-state index contributed by atoms with van der Waals surface area (Å²) in [6, 6.07) is 0. The highest BCUT2D eigenvalue weighted by Crippen LogP contribution is 2.06. The summed E-state index contributed by atoms with van der Waals surface area (Å²) < 4.78 is 0. The molecule has 11 heavy (non-hydrogen) atoms. The second kappa shape index (κ2) is 6.47. The minimum Gasteiger partial charge on any atom is -0.299 e. The maximum Gasteiger partial charge on any atom is 0.0610 e. The van der Waals surface area contributed by atoms with Crippen LogP contribution in [-0.2, 0) is 0 Å². The molecule has 0 bridgehead atoms. The van der Waals surface area contributed by atoms with Gasteiger partial charge in [-0.2, -0.15) is 0 Å². The summed E-state index contributed by atoms with van der Waals surface area (Å²) in [4.78, 5) is 0. The van der Waals surface area contributed by atoms with Crippen molar-refractivity contribution >= 4 is 16.8 Å². The van der Waals surface area contributed by atoms with Gasteiger partial charge in [-0.15, -0.1) is 11.8 Å². The summed E-state index contributed by atoms with van der Waals surface area (Å²) in [6.07, 6.45) is 4.59. The zero-order chi connectivity index (χ0) is 8.69. The monoisotopic (exact) mass is 171 g/mol. The Morgan fingerprint density at radius 2 is 2.00 bits per heavy atom. The first kappa shape index (κ1) is 10.8. The second-order valence-corrected chi connectivity index (χ2v) is 4.14. The van der Waals surface area contributed by atoms with E-state index in [4.69, 9.17) is 5.41 Å². The summed E-state index contributed by atoms with van der Waals surface area (Å²) in [5.41, 5.74) is 1.39. The topological polar surface area (TPSA) is 23.9 Å². The SMILES string of the molecule is CC(=N)SCCCC=C(C)C. The van der Waals surface area contributed by atoms with Crippen molar-refractivity contribution in [2.45, 2.75) is 33.6 Å². The third-order valence-electron chi connectivity index (χ3n) is 1.22. The predicted molar refractivity (Wildman–Crippen MR) is 54.5 cm³/mol. The number of allylic oxidation sites excluding steroid dienone is 2. The Morgan fingerprint density at radius 1 is 1.36 bits per heavy atom. The highest BCUT2D eigenvalue weighted by molar-refractivity contribution is 8.13. The zero-order valence-corrected chi connectivity index (χ0v) is 8.42. The van der Waals surface area contributed by atoms with E-state index in [-0.39, 0.29) is 0 Å².